The van der Waals surface area contributed by atoms with Crippen LogP contribution in [0.15, 0.2) is 18.2 Å². The van der Waals surface area contributed by atoms with Crippen molar-refractivity contribution in [3.8, 4) is 11.5 Å². The van der Waals surface area contributed by atoms with E-state index in [0.717, 1.165) is 37.7 Å². The van der Waals surface area contributed by atoms with E-state index >= 15 is 0 Å². The number of halogens is 2. The van der Waals surface area contributed by atoms with Crippen molar-refractivity contribution in [2.45, 2.75) is 13.0 Å². The van der Waals surface area contributed by atoms with E-state index in [1.807, 2.05) is 12.1 Å². The molecule has 0 aromatic heterocycles. The van der Waals surface area contributed by atoms with E-state index in [4.69, 9.17) is 9.47 Å². The summed E-state index contributed by atoms with van der Waals surface area (Å²) in [6.07, 6.45) is 0. The molecule has 0 saturated carbocycles. The van der Waals surface area contributed by atoms with Crippen LogP contribution in [-0.2, 0) is 0 Å². The molecular weight excluding hydrogens is 287 g/mol. The Morgan fingerprint density at radius 2 is 1.89 bits per heavy atom. The second-order valence-electron chi connectivity index (χ2n) is 4.54. The van der Waals surface area contributed by atoms with Crippen molar-refractivity contribution in [3.63, 3.8) is 0 Å². The lowest BCUT2D eigenvalue weighted by molar-refractivity contribution is 0.163. The van der Waals surface area contributed by atoms with Crippen molar-refractivity contribution in [2.24, 2.45) is 0 Å². The minimum Gasteiger partial charge on any atom is -0.454 e. The second kappa shape index (κ2) is 7.20. The van der Waals surface area contributed by atoms with Gasteiger partial charge in [0.25, 0.3) is 0 Å². The number of nitrogens with one attached hydrogen (secondary N) is 1. The molecule has 4 nitrogen and oxygen atoms in total. The highest BCUT2D eigenvalue weighted by atomic mass is 35.5. The van der Waals surface area contributed by atoms with E-state index in [2.05, 4.69) is 23.2 Å². The number of para-hydroxylation sites is 1. The fraction of sp³-hybridized carbons (Fsp3) is 0.538. The second-order valence-corrected chi connectivity index (χ2v) is 4.54. The normalized spacial score (nSPS) is 19.2. The molecule has 1 aromatic carbocycles. The monoisotopic (exact) mass is 306 g/mol. The Morgan fingerprint density at radius 3 is 2.63 bits per heavy atom. The first kappa shape index (κ1) is 16.4. The predicted molar refractivity (Wildman–Crippen MR) is 79.9 cm³/mol. The van der Waals surface area contributed by atoms with Gasteiger partial charge >= 0.3 is 0 Å². The van der Waals surface area contributed by atoms with E-state index < -0.39 is 0 Å². The van der Waals surface area contributed by atoms with Crippen molar-refractivity contribution in [1.82, 2.24) is 10.2 Å². The van der Waals surface area contributed by atoms with E-state index in [9.17, 15) is 0 Å². The highest BCUT2D eigenvalue weighted by Crippen LogP contribution is 2.39. The molecule has 0 spiro atoms. The topological polar surface area (TPSA) is 33.7 Å². The molecule has 1 N–H and O–H groups in total. The van der Waals surface area contributed by atoms with Gasteiger partial charge in [-0.2, -0.15) is 0 Å². The van der Waals surface area contributed by atoms with Crippen molar-refractivity contribution in [3.05, 3.63) is 23.8 Å². The predicted octanol–water partition coefficient (Wildman–Crippen LogP) is 2.23. The van der Waals surface area contributed by atoms with Crippen molar-refractivity contribution < 1.29 is 9.47 Å². The SMILES string of the molecule is C[C@H](c1cccc2c1OCO2)N1CCNCC1.Cl.Cl. The Hall–Kier alpha value is -0.680. The van der Waals surface area contributed by atoms with Crippen LogP contribution in [0.25, 0.3) is 0 Å². The summed E-state index contributed by atoms with van der Waals surface area (Å²) >= 11 is 0. The van der Waals surface area contributed by atoms with E-state index in [1.54, 1.807) is 0 Å². The van der Waals surface area contributed by atoms with Crippen LogP contribution in [0.3, 0.4) is 0 Å². The molecule has 1 saturated heterocycles. The van der Waals surface area contributed by atoms with Crippen LogP contribution in [0.2, 0.25) is 0 Å². The summed E-state index contributed by atoms with van der Waals surface area (Å²) in [5.41, 5.74) is 1.24. The average Bonchev–Trinajstić information content (AvgIpc) is 2.87. The number of nitrogens with zero attached hydrogens (tertiary/aromatic N) is 1. The first-order valence-electron chi connectivity index (χ1n) is 6.19. The van der Waals surface area contributed by atoms with Crippen molar-refractivity contribution in [2.75, 3.05) is 33.0 Å². The molecule has 1 aromatic rings. The zero-order chi connectivity index (χ0) is 11.7. The maximum Gasteiger partial charge on any atom is 0.231 e. The highest BCUT2D eigenvalue weighted by molar-refractivity contribution is 5.85. The molecule has 3 rings (SSSR count). The maximum atomic E-state index is 5.58. The van der Waals surface area contributed by atoms with Gasteiger partial charge in [-0.1, -0.05) is 12.1 Å². The number of fused-ring (bicyclic) bond motifs is 1. The molecule has 1 atom stereocenters. The zero-order valence-corrected chi connectivity index (χ0v) is 12.6. The van der Waals surface area contributed by atoms with Gasteiger partial charge < -0.3 is 14.8 Å². The third kappa shape index (κ3) is 3.26. The molecule has 0 unspecified atom stereocenters. The van der Waals surface area contributed by atoms with Crippen molar-refractivity contribution >= 4 is 24.8 Å². The molecule has 108 valence electrons. The van der Waals surface area contributed by atoms with Crippen LogP contribution in [0.5, 0.6) is 11.5 Å². The Bertz CT molecular complexity index is 412. The Morgan fingerprint density at radius 1 is 1.16 bits per heavy atom. The highest BCUT2D eigenvalue weighted by Gasteiger charge is 2.25. The van der Waals surface area contributed by atoms with Gasteiger partial charge in [-0.3, -0.25) is 4.90 Å². The lowest BCUT2D eigenvalue weighted by Gasteiger charge is -2.33. The molecular formula is C13H20Cl2N2O2. The fourth-order valence-corrected chi connectivity index (χ4v) is 2.55. The Kier molecular flexibility index (Phi) is 6.20. The minimum atomic E-state index is 0. The maximum absolute atomic E-state index is 5.58. The molecule has 19 heavy (non-hydrogen) atoms. The third-order valence-corrected chi connectivity index (χ3v) is 3.58. The van der Waals surface area contributed by atoms with Gasteiger partial charge in [0.2, 0.25) is 6.79 Å². The van der Waals surface area contributed by atoms with Gasteiger partial charge in [0.15, 0.2) is 11.5 Å². The van der Waals surface area contributed by atoms with Crippen LogP contribution in [0.1, 0.15) is 18.5 Å². The minimum absolute atomic E-state index is 0. The molecule has 0 radical (unpaired) electrons. The number of piperazine rings is 1. The van der Waals surface area contributed by atoms with Gasteiger partial charge in [0.1, 0.15) is 0 Å². The number of rotatable bonds is 2. The zero-order valence-electron chi connectivity index (χ0n) is 10.9. The van der Waals surface area contributed by atoms with Gasteiger partial charge in [0.05, 0.1) is 0 Å². The summed E-state index contributed by atoms with van der Waals surface area (Å²) in [5.74, 6) is 1.81. The first-order valence-corrected chi connectivity index (χ1v) is 6.19. The van der Waals surface area contributed by atoms with Gasteiger partial charge in [-0.05, 0) is 13.0 Å². The van der Waals surface area contributed by atoms with Crippen LogP contribution in [0.4, 0.5) is 0 Å². The van der Waals surface area contributed by atoms with Crippen LogP contribution < -0.4 is 14.8 Å². The summed E-state index contributed by atoms with van der Waals surface area (Å²) < 4.78 is 11.0. The summed E-state index contributed by atoms with van der Waals surface area (Å²) in [6, 6.07) is 6.53. The largest absolute Gasteiger partial charge is 0.454 e. The van der Waals surface area contributed by atoms with E-state index in [-0.39, 0.29) is 24.8 Å². The Balaban J connectivity index is 0.000000902. The van der Waals surface area contributed by atoms with Crippen LogP contribution in [-0.4, -0.2) is 37.9 Å². The van der Waals surface area contributed by atoms with Crippen molar-refractivity contribution in [1.29, 1.82) is 0 Å². The number of ether oxygens (including phenoxy) is 2. The number of hydrogen-bond acceptors (Lipinski definition) is 4. The van der Waals surface area contributed by atoms with Gasteiger partial charge in [-0.25, -0.2) is 0 Å². The molecule has 2 aliphatic heterocycles. The van der Waals surface area contributed by atoms with E-state index in [0.29, 0.717) is 12.8 Å². The summed E-state index contributed by atoms with van der Waals surface area (Å²) in [7, 11) is 0. The Labute approximate surface area is 126 Å². The van der Waals surface area contributed by atoms with Gasteiger partial charge in [0, 0.05) is 37.8 Å². The molecule has 2 aliphatic rings. The smallest absolute Gasteiger partial charge is 0.231 e. The third-order valence-electron chi connectivity index (χ3n) is 3.58. The molecule has 2 heterocycles. The molecule has 1 fully saturated rings. The standard InChI is InChI=1S/C13H18N2O2.2ClH/c1-10(15-7-5-14-6-8-15)11-3-2-4-12-13(11)17-9-16-12;;/h2-4,10,14H,5-9H2,1H3;2*1H/t10-;;/m1../s1. The van der Waals surface area contributed by atoms with Crippen LogP contribution in [0, 0.1) is 0 Å². The lowest BCUT2D eigenvalue weighted by Crippen LogP contribution is -2.44. The average molecular weight is 307 g/mol. The lowest BCUT2D eigenvalue weighted by atomic mass is 10.0. The summed E-state index contributed by atoms with van der Waals surface area (Å²) in [6.45, 7) is 6.90. The number of benzene rings is 1. The van der Waals surface area contributed by atoms with E-state index in [1.165, 1.54) is 5.56 Å². The van der Waals surface area contributed by atoms with Crippen LogP contribution >= 0.6 is 24.8 Å². The molecule has 0 amide bonds. The molecule has 6 heteroatoms. The quantitative estimate of drug-likeness (QED) is 0.908. The van der Waals surface area contributed by atoms with Gasteiger partial charge in [-0.15, -0.1) is 24.8 Å². The first-order chi connectivity index (χ1) is 8.36. The summed E-state index contributed by atoms with van der Waals surface area (Å²) in [5, 5.41) is 3.38. The summed E-state index contributed by atoms with van der Waals surface area (Å²) in [4.78, 5) is 2.48. The molecule has 0 aliphatic carbocycles. The fourth-order valence-electron chi connectivity index (χ4n) is 2.55. The molecule has 0 bridgehead atoms. The number of hydrogen-bond donors (Lipinski definition) is 1.